The normalized spacial score (nSPS) is 12.3. The van der Waals surface area contributed by atoms with Crippen molar-refractivity contribution in [1.29, 1.82) is 0 Å². The van der Waals surface area contributed by atoms with Crippen LogP contribution in [0, 0.1) is 6.92 Å². The summed E-state index contributed by atoms with van der Waals surface area (Å²) in [5, 5.41) is 2.92. The number of hydrogen-bond acceptors (Lipinski definition) is 6. The number of methoxy groups -OCH3 is 2. The maximum Gasteiger partial charge on any atom is 0.264 e. The monoisotopic (exact) mass is 659 g/mol. The molecule has 0 heterocycles. The van der Waals surface area contributed by atoms with Gasteiger partial charge in [-0.15, -0.1) is 0 Å². The number of anilines is 1. The lowest BCUT2D eigenvalue weighted by atomic mass is 10.1. The van der Waals surface area contributed by atoms with Gasteiger partial charge in [-0.3, -0.25) is 13.9 Å². The van der Waals surface area contributed by atoms with Gasteiger partial charge < -0.3 is 19.7 Å². The van der Waals surface area contributed by atoms with Crippen LogP contribution in [0.1, 0.15) is 38.8 Å². The fourth-order valence-corrected chi connectivity index (χ4v) is 5.87. The topological polar surface area (TPSA) is 105 Å². The number of nitrogens with zero attached hydrogens (tertiary/aromatic N) is 2. The Hall–Kier alpha value is -3.57. The lowest BCUT2D eigenvalue weighted by Gasteiger charge is -2.33. The highest BCUT2D eigenvalue weighted by Crippen LogP contribution is 2.36. The Labute approximate surface area is 257 Å². The molecule has 11 heteroatoms. The van der Waals surface area contributed by atoms with E-state index in [4.69, 9.17) is 9.47 Å². The summed E-state index contributed by atoms with van der Waals surface area (Å²) < 4.78 is 41.0. The van der Waals surface area contributed by atoms with Gasteiger partial charge in [-0.2, -0.15) is 0 Å². The van der Waals surface area contributed by atoms with Gasteiger partial charge in [0, 0.05) is 22.6 Å². The second-order valence-electron chi connectivity index (χ2n) is 10.9. The summed E-state index contributed by atoms with van der Waals surface area (Å²) in [6.07, 6.45) is 0. The maximum atomic E-state index is 14.2. The number of benzene rings is 3. The van der Waals surface area contributed by atoms with Crippen molar-refractivity contribution in [3.63, 3.8) is 0 Å². The molecule has 3 aromatic rings. The van der Waals surface area contributed by atoms with E-state index in [-0.39, 0.29) is 28.8 Å². The van der Waals surface area contributed by atoms with E-state index >= 15 is 0 Å². The quantitative estimate of drug-likeness (QED) is 0.299. The molecule has 0 bridgehead atoms. The number of amides is 2. The molecule has 0 saturated heterocycles. The molecule has 0 saturated carbocycles. The average molecular weight is 661 g/mol. The largest absolute Gasteiger partial charge is 0.497 e. The van der Waals surface area contributed by atoms with Crippen LogP contribution in [-0.4, -0.2) is 57.5 Å². The Bertz CT molecular complexity index is 1500. The summed E-state index contributed by atoms with van der Waals surface area (Å²) in [5.41, 5.74) is 1.25. The van der Waals surface area contributed by atoms with E-state index in [2.05, 4.69) is 21.2 Å². The molecule has 0 aromatic heterocycles. The molecule has 3 aromatic carbocycles. The molecular formula is C31H38BrN3O6S. The van der Waals surface area contributed by atoms with E-state index in [1.165, 1.54) is 37.3 Å². The summed E-state index contributed by atoms with van der Waals surface area (Å²) in [6.45, 7) is 8.52. The zero-order valence-electron chi connectivity index (χ0n) is 25.0. The zero-order valence-corrected chi connectivity index (χ0v) is 27.4. The minimum Gasteiger partial charge on any atom is -0.497 e. The minimum atomic E-state index is -4.27. The Morgan fingerprint density at radius 1 is 0.952 bits per heavy atom. The number of ether oxygens (including phenoxy) is 2. The third kappa shape index (κ3) is 8.25. The molecule has 0 fully saturated rings. The van der Waals surface area contributed by atoms with Crippen molar-refractivity contribution in [3.05, 3.63) is 82.3 Å². The molecule has 0 aliphatic heterocycles. The minimum absolute atomic E-state index is 0.00348. The molecule has 1 atom stereocenters. The Kier molecular flexibility index (Phi) is 10.7. The molecule has 0 aliphatic rings. The molecule has 9 nitrogen and oxygen atoms in total. The van der Waals surface area contributed by atoms with Crippen LogP contribution in [-0.2, 0) is 26.2 Å². The molecule has 42 heavy (non-hydrogen) atoms. The molecule has 0 spiro atoms. The molecule has 0 radical (unpaired) electrons. The van der Waals surface area contributed by atoms with Crippen molar-refractivity contribution >= 4 is 43.5 Å². The highest BCUT2D eigenvalue weighted by atomic mass is 79.9. The Morgan fingerprint density at radius 2 is 1.57 bits per heavy atom. The van der Waals surface area contributed by atoms with E-state index in [0.29, 0.717) is 5.75 Å². The smallest absolute Gasteiger partial charge is 0.264 e. The maximum absolute atomic E-state index is 14.2. The molecule has 3 rings (SSSR count). The molecule has 2 amide bonds. The van der Waals surface area contributed by atoms with Crippen molar-refractivity contribution < 1.29 is 27.5 Å². The molecule has 0 unspecified atom stereocenters. The van der Waals surface area contributed by atoms with Crippen LogP contribution in [0.5, 0.6) is 11.5 Å². The van der Waals surface area contributed by atoms with E-state index < -0.39 is 34.1 Å². The number of aryl methyl sites for hydroxylation is 1. The third-order valence-electron chi connectivity index (χ3n) is 6.47. The predicted molar refractivity (Wildman–Crippen MR) is 167 cm³/mol. The Balaban J connectivity index is 2.12. The number of rotatable bonds is 11. The number of carbonyl (C=O) groups is 2. The molecule has 226 valence electrons. The summed E-state index contributed by atoms with van der Waals surface area (Å²) in [6, 6.07) is 17.5. The summed E-state index contributed by atoms with van der Waals surface area (Å²) in [5.74, 6) is -0.320. The number of halogens is 1. The van der Waals surface area contributed by atoms with Gasteiger partial charge in [-0.1, -0.05) is 45.8 Å². The van der Waals surface area contributed by atoms with Gasteiger partial charge in [0.2, 0.25) is 11.8 Å². The highest BCUT2D eigenvalue weighted by Gasteiger charge is 2.34. The fourth-order valence-electron chi connectivity index (χ4n) is 4.19. The lowest BCUT2D eigenvalue weighted by molar-refractivity contribution is -0.140. The number of nitrogens with one attached hydrogen (secondary N) is 1. The first kappa shape index (κ1) is 32.9. The van der Waals surface area contributed by atoms with Crippen molar-refractivity contribution in [2.75, 3.05) is 25.1 Å². The van der Waals surface area contributed by atoms with Crippen LogP contribution >= 0.6 is 15.9 Å². The van der Waals surface area contributed by atoms with Crippen LogP contribution in [0.4, 0.5) is 5.69 Å². The molecule has 1 N–H and O–H groups in total. The lowest BCUT2D eigenvalue weighted by Crippen LogP contribution is -2.54. The van der Waals surface area contributed by atoms with Crippen LogP contribution in [0.25, 0.3) is 0 Å². The first-order valence-corrected chi connectivity index (χ1v) is 15.6. The number of carbonyl (C=O) groups excluding carboxylic acids is 2. The molecular weight excluding hydrogens is 622 g/mol. The van der Waals surface area contributed by atoms with E-state index in [0.717, 1.165) is 19.9 Å². The second kappa shape index (κ2) is 13.6. The van der Waals surface area contributed by atoms with Crippen LogP contribution in [0.3, 0.4) is 0 Å². The summed E-state index contributed by atoms with van der Waals surface area (Å²) >= 11 is 3.42. The van der Waals surface area contributed by atoms with Gasteiger partial charge >= 0.3 is 0 Å². The summed E-state index contributed by atoms with van der Waals surface area (Å²) in [7, 11) is -1.38. The SMILES string of the molecule is COc1ccc(OC)c(N(CC(=O)N(Cc2ccc(Br)cc2)[C@H](C)C(=O)NC(C)(C)C)S(=O)(=O)c2ccc(C)cc2)c1. The zero-order chi connectivity index (χ0) is 31.2. The number of hydrogen-bond donors (Lipinski definition) is 1. The van der Waals surface area contributed by atoms with Crippen molar-refractivity contribution in [2.24, 2.45) is 0 Å². The van der Waals surface area contributed by atoms with E-state index in [1.807, 2.05) is 52.0 Å². The highest BCUT2D eigenvalue weighted by molar-refractivity contribution is 9.10. The van der Waals surface area contributed by atoms with Crippen molar-refractivity contribution in [1.82, 2.24) is 10.2 Å². The standard InChI is InChI=1S/C31H38BrN3O6S/c1-21-8-15-26(16-9-21)42(38,39)35(27-18-25(40-6)14-17-28(27)41-7)20-29(36)34(19-23-10-12-24(32)13-11-23)22(2)30(37)33-31(3,4)5/h8-18,22H,19-20H2,1-7H3,(H,33,37)/t22-/m1/s1. The summed E-state index contributed by atoms with van der Waals surface area (Å²) in [4.78, 5) is 28.8. The van der Waals surface area contributed by atoms with Gasteiger partial charge in [0.1, 0.15) is 24.1 Å². The van der Waals surface area contributed by atoms with Crippen LogP contribution in [0.15, 0.2) is 76.1 Å². The number of sulfonamides is 1. The Morgan fingerprint density at radius 3 is 2.12 bits per heavy atom. The van der Waals surface area contributed by atoms with Crippen molar-refractivity contribution in [3.8, 4) is 11.5 Å². The first-order valence-electron chi connectivity index (χ1n) is 13.3. The third-order valence-corrected chi connectivity index (χ3v) is 8.78. The van der Waals surface area contributed by atoms with E-state index in [1.54, 1.807) is 31.2 Å². The van der Waals surface area contributed by atoms with Crippen LogP contribution < -0.4 is 19.1 Å². The molecule has 0 aliphatic carbocycles. The van der Waals surface area contributed by atoms with Gasteiger partial charge in [0.25, 0.3) is 10.0 Å². The second-order valence-corrected chi connectivity index (χ2v) is 13.7. The predicted octanol–water partition coefficient (Wildman–Crippen LogP) is 5.30. The first-order chi connectivity index (χ1) is 19.7. The van der Waals surface area contributed by atoms with Crippen molar-refractivity contribution in [2.45, 2.75) is 57.6 Å². The van der Waals surface area contributed by atoms with Gasteiger partial charge in [-0.05, 0) is 76.6 Å². The fraction of sp³-hybridized carbons (Fsp3) is 0.355. The van der Waals surface area contributed by atoms with E-state index in [9.17, 15) is 18.0 Å². The average Bonchev–Trinajstić information content (AvgIpc) is 2.94. The van der Waals surface area contributed by atoms with Gasteiger partial charge in [0.05, 0.1) is 24.8 Å². The van der Waals surface area contributed by atoms with Gasteiger partial charge in [-0.25, -0.2) is 8.42 Å². The van der Waals surface area contributed by atoms with Crippen LogP contribution in [0.2, 0.25) is 0 Å². The van der Waals surface area contributed by atoms with Gasteiger partial charge in [0.15, 0.2) is 0 Å².